The Morgan fingerprint density at radius 2 is 1.80 bits per heavy atom. The summed E-state index contributed by atoms with van der Waals surface area (Å²) in [6.45, 7) is 2.14. The van der Waals surface area contributed by atoms with Crippen molar-refractivity contribution in [1.29, 1.82) is 0 Å². The van der Waals surface area contributed by atoms with Gasteiger partial charge in [0.25, 0.3) is 0 Å². The first-order valence-corrected chi connectivity index (χ1v) is 7.03. The second-order valence-corrected chi connectivity index (χ2v) is 5.55. The lowest BCUT2D eigenvalue weighted by Gasteiger charge is -2.41. The van der Waals surface area contributed by atoms with Crippen LogP contribution < -0.4 is 0 Å². The van der Waals surface area contributed by atoms with Crippen LogP contribution in [0.3, 0.4) is 0 Å². The maximum Gasteiger partial charge on any atom is -0.0348 e. The third-order valence-electron chi connectivity index (χ3n) is 4.66. The summed E-state index contributed by atoms with van der Waals surface area (Å²) in [5.74, 6) is 3.29. The highest BCUT2D eigenvalue weighted by Gasteiger charge is 2.33. The molecular formula is C15H26. The Bertz CT molecular complexity index is 202. The van der Waals surface area contributed by atoms with Crippen LogP contribution in [-0.2, 0) is 0 Å². The summed E-state index contributed by atoms with van der Waals surface area (Å²) in [5, 5.41) is 0. The Balaban J connectivity index is 1.86. The van der Waals surface area contributed by atoms with Crippen LogP contribution in [-0.4, -0.2) is 0 Å². The van der Waals surface area contributed by atoms with Gasteiger partial charge < -0.3 is 0 Å². The van der Waals surface area contributed by atoms with Gasteiger partial charge in [0.15, 0.2) is 0 Å². The summed E-state index contributed by atoms with van der Waals surface area (Å²) in [7, 11) is 0. The van der Waals surface area contributed by atoms with E-state index in [9.17, 15) is 0 Å². The van der Waals surface area contributed by atoms with Crippen molar-refractivity contribution in [1.82, 2.24) is 0 Å². The predicted molar refractivity (Wildman–Crippen MR) is 66.8 cm³/mol. The Morgan fingerprint density at radius 3 is 2.67 bits per heavy atom. The second-order valence-electron chi connectivity index (χ2n) is 5.55. The first kappa shape index (κ1) is 11.2. The Morgan fingerprint density at radius 1 is 1.00 bits per heavy atom. The fourth-order valence-electron chi connectivity index (χ4n) is 3.91. The molecule has 2 rings (SSSR count). The molecule has 2 aliphatic carbocycles. The van der Waals surface area contributed by atoms with Gasteiger partial charge in [-0.05, 0) is 43.9 Å². The molecule has 0 bridgehead atoms. The van der Waals surface area contributed by atoms with E-state index < -0.39 is 0 Å². The van der Waals surface area contributed by atoms with Gasteiger partial charge >= 0.3 is 0 Å². The molecule has 0 aliphatic heterocycles. The van der Waals surface area contributed by atoms with Gasteiger partial charge in [-0.15, -0.1) is 0 Å². The summed E-state index contributed by atoms with van der Waals surface area (Å²) in [5.41, 5.74) is 0. The molecule has 0 spiro atoms. The van der Waals surface area contributed by atoms with Gasteiger partial charge in [0.2, 0.25) is 0 Å². The SMILES string of the molecule is CC=CCC[C@H]1CCC[C@H]2CCCCC21. The minimum atomic E-state index is 1.07. The number of rotatable bonds is 3. The highest BCUT2D eigenvalue weighted by molar-refractivity contribution is 4.87. The minimum absolute atomic E-state index is 1.07. The van der Waals surface area contributed by atoms with E-state index in [-0.39, 0.29) is 0 Å². The van der Waals surface area contributed by atoms with Crippen LogP contribution >= 0.6 is 0 Å². The summed E-state index contributed by atoms with van der Waals surface area (Å²) >= 11 is 0. The lowest BCUT2D eigenvalue weighted by molar-refractivity contribution is 0.0986. The normalized spacial score (nSPS) is 36.7. The summed E-state index contributed by atoms with van der Waals surface area (Å²) < 4.78 is 0. The Kier molecular flexibility index (Phi) is 4.29. The molecule has 15 heavy (non-hydrogen) atoms. The number of hydrogen-bond donors (Lipinski definition) is 0. The lowest BCUT2D eigenvalue weighted by Crippen LogP contribution is -2.30. The highest BCUT2D eigenvalue weighted by Crippen LogP contribution is 2.45. The zero-order valence-corrected chi connectivity index (χ0v) is 10.3. The van der Waals surface area contributed by atoms with Crippen molar-refractivity contribution < 1.29 is 0 Å². The van der Waals surface area contributed by atoms with Crippen molar-refractivity contribution in [2.45, 2.75) is 64.7 Å². The Labute approximate surface area is 95.1 Å². The average molecular weight is 206 g/mol. The molecule has 86 valence electrons. The van der Waals surface area contributed by atoms with E-state index in [2.05, 4.69) is 19.1 Å². The van der Waals surface area contributed by atoms with Crippen molar-refractivity contribution >= 4 is 0 Å². The third-order valence-corrected chi connectivity index (χ3v) is 4.66. The molecule has 2 aliphatic rings. The molecule has 2 fully saturated rings. The smallest absolute Gasteiger partial charge is 0.0348 e. The standard InChI is InChI=1S/C15H26/c1-2-3-4-8-13-10-7-11-14-9-5-6-12-15(13)14/h2-3,13-15H,4-12H2,1H3/t13-,14+,15?/m0/s1. The van der Waals surface area contributed by atoms with Crippen LogP contribution in [0.4, 0.5) is 0 Å². The molecule has 0 saturated heterocycles. The fourth-order valence-corrected chi connectivity index (χ4v) is 3.91. The molecule has 0 aromatic heterocycles. The number of hydrogen-bond acceptors (Lipinski definition) is 0. The molecular weight excluding hydrogens is 180 g/mol. The molecule has 0 heteroatoms. The molecule has 0 aromatic carbocycles. The van der Waals surface area contributed by atoms with Gasteiger partial charge in [0.05, 0.1) is 0 Å². The quantitative estimate of drug-likeness (QED) is 0.573. The van der Waals surface area contributed by atoms with E-state index in [4.69, 9.17) is 0 Å². The van der Waals surface area contributed by atoms with Gasteiger partial charge in [0, 0.05) is 0 Å². The first-order chi connectivity index (χ1) is 7.42. The number of fused-ring (bicyclic) bond motifs is 1. The van der Waals surface area contributed by atoms with Crippen molar-refractivity contribution in [2.75, 3.05) is 0 Å². The van der Waals surface area contributed by atoms with Crippen molar-refractivity contribution in [2.24, 2.45) is 17.8 Å². The van der Waals surface area contributed by atoms with Crippen molar-refractivity contribution in [3.63, 3.8) is 0 Å². The second kappa shape index (κ2) is 5.72. The molecule has 2 saturated carbocycles. The summed E-state index contributed by atoms with van der Waals surface area (Å²) in [4.78, 5) is 0. The largest absolute Gasteiger partial charge is 0.0917 e. The van der Waals surface area contributed by atoms with Crippen LogP contribution in [0.25, 0.3) is 0 Å². The van der Waals surface area contributed by atoms with Crippen LogP contribution in [0.2, 0.25) is 0 Å². The van der Waals surface area contributed by atoms with E-state index in [1.165, 1.54) is 38.5 Å². The van der Waals surface area contributed by atoms with Gasteiger partial charge in [-0.2, -0.15) is 0 Å². The minimum Gasteiger partial charge on any atom is -0.0917 e. The van der Waals surface area contributed by atoms with E-state index in [0.717, 1.165) is 17.8 Å². The molecule has 0 N–H and O–H groups in total. The Hall–Kier alpha value is -0.260. The first-order valence-electron chi connectivity index (χ1n) is 7.03. The zero-order valence-electron chi connectivity index (χ0n) is 10.3. The molecule has 3 atom stereocenters. The predicted octanol–water partition coefficient (Wildman–Crippen LogP) is 4.95. The van der Waals surface area contributed by atoms with Gasteiger partial charge in [-0.1, -0.05) is 50.7 Å². The van der Waals surface area contributed by atoms with Crippen molar-refractivity contribution in [3.05, 3.63) is 12.2 Å². The van der Waals surface area contributed by atoms with Gasteiger partial charge in [-0.3, -0.25) is 0 Å². The van der Waals surface area contributed by atoms with E-state index in [0.29, 0.717) is 0 Å². The van der Waals surface area contributed by atoms with Crippen LogP contribution in [0.15, 0.2) is 12.2 Å². The van der Waals surface area contributed by atoms with E-state index in [1.807, 2.05) is 0 Å². The maximum atomic E-state index is 2.35. The monoisotopic (exact) mass is 206 g/mol. The molecule has 0 nitrogen and oxygen atoms in total. The van der Waals surface area contributed by atoms with Crippen LogP contribution in [0, 0.1) is 17.8 Å². The summed E-state index contributed by atoms with van der Waals surface area (Å²) in [6, 6.07) is 0. The van der Waals surface area contributed by atoms with E-state index >= 15 is 0 Å². The van der Waals surface area contributed by atoms with Crippen molar-refractivity contribution in [3.8, 4) is 0 Å². The van der Waals surface area contributed by atoms with Crippen LogP contribution in [0.1, 0.15) is 64.7 Å². The topological polar surface area (TPSA) is 0 Å². The molecule has 1 unspecified atom stereocenters. The fraction of sp³-hybridized carbons (Fsp3) is 0.867. The van der Waals surface area contributed by atoms with Gasteiger partial charge in [-0.25, -0.2) is 0 Å². The van der Waals surface area contributed by atoms with E-state index in [1.54, 1.807) is 19.3 Å². The average Bonchev–Trinajstić information content (AvgIpc) is 2.30. The number of allylic oxidation sites excluding steroid dienone is 2. The van der Waals surface area contributed by atoms with Crippen LogP contribution in [0.5, 0.6) is 0 Å². The summed E-state index contributed by atoms with van der Waals surface area (Å²) in [6.07, 6.45) is 18.1. The maximum absolute atomic E-state index is 2.35. The molecule has 0 amide bonds. The lowest BCUT2D eigenvalue weighted by atomic mass is 9.64. The molecule has 0 radical (unpaired) electrons. The molecule has 0 aromatic rings. The highest BCUT2D eigenvalue weighted by atomic mass is 14.4. The molecule has 0 heterocycles. The zero-order chi connectivity index (χ0) is 10.5. The van der Waals surface area contributed by atoms with Gasteiger partial charge in [0.1, 0.15) is 0 Å². The third kappa shape index (κ3) is 2.86.